The first-order valence-electron chi connectivity index (χ1n) is 5.96. The average Bonchev–Trinajstić information content (AvgIpc) is 2.38. The van der Waals surface area contributed by atoms with Crippen LogP contribution >= 0.6 is 0 Å². The second-order valence-corrected chi connectivity index (χ2v) is 4.44. The third-order valence-electron chi connectivity index (χ3n) is 2.97. The molecule has 1 N–H and O–H groups in total. The smallest absolute Gasteiger partial charge is 0.388 e. The maximum Gasteiger partial charge on any atom is 0.416 e. The second kappa shape index (κ2) is 5.63. The molecule has 0 spiro atoms. The molecule has 5 heteroatoms. The van der Waals surface area contributed by atoms with E-state index >= 15 is 0 Å². The Balaban J connectivity index is 2.13. The van der Waals surface area contributed by atoms with Crippen molar-refractivity contribution in [2.75, 3.05) is 0 Å². The summed E-state index contributed by atoms with van der Waals surface area (Å²) in [6, 6.07) is 10.2. The summed E-state index contributed by atoms with van der Waals surface area (Å²) in [6.07, 6.45) is -5.42. The van der Waals surface area contributed by atoms with Crippen LogP contribution in [0.4, 0.5) is 17.6 Å². The zero-order chi connectivity index (χ0) is 14.8. The van der Waals surface area contributed by atoms with Gasteiger partial charge in [0.2, 0.25) is 0 Å². The van der Waals surface area contributed by atoms with E-state index < -0.39 is 23.7 Å². The lowest BCUT2D eigenvalue weighted by molar-refractivity contribution is -0.137. The van der Waals surface area contributed by atoms with Gasteiger partial charge < -0.3 is 5.11 Å². The standard InChI is InChI=1S/C15H12F4O/c16-13-4-2-1-3-12(13)14(20)9-10-5-7-11(8-6-10)15(17,18)19/h1-8,14,20H,9H2. The predicted molar refractivity (Wildman–Crippen MR) is 66.5 cm³/mol. The molecule has 1 nitrogen and oxygen atoms in total. The molecule has 0 fully saturated rings. The Labute approximate surface area is 113 Å². The molecule has 1 atom stereocenters. The number of rotatable bonds is 3. The van der Waals surface area contributed by atoms with Gasteiger partial charge in [-0.2, -0.15) is 13.2 Å². The van der Waals surface area contributed by atoms with E-state index in [2.05, 4.69) is 0 Å². The molecule has 0 aliphatic rings. The molecule has 0 saturated heterocycles. The molecule has 0 aromatic heterocycles. The number of aliphatic hydroxyl groups excluding tert-OH is 1. The van der Waals surface area contributed by atoms with Crippen LogP contribution in [-0.4, -0.2) is 5.11 Å². The summed E-state index contributed by atoms with van der Waals surface area (Å²) in [5.74, 6) is -0.535. The molecule has 106 valence electrons. The van der Waals surface area contributed by atoms with E-state index in [0.717, 1.165) is 12.1 Å². The van der Waals surface area contributed by atoms with Crippen molar-refractivity contribution < 1.29 is 22.7 Å². The number of halogens is 4. The van der Waals surface area contributed by atoms with Crippen LogP contribution in [0.2, 0.25) is 0 Å². The van der Waals surface area contributed by atoms with Crippen LogP contribution in [0.25, 0.3) is 0 Å². The van der Waals surface area contributed by atoms with E-state index in [1.165, 1.54) is 30.3 Å². The summed E-state index contributed by atoms with van der Waals surface area (Å²) < 4.78 is 50.7. The summed E-state index contributed by atoms with van der Waals surface area (Å²) in [6.45, 7) is 0. The minimum atomic E-state index is -4.39. The number of aliphatic hydroxyl groups is 1. The lowest BCUT2D eigenvalue weighted by Crippen LogP contribution is -2.06. The summed E-state index contributed by atoms with van der Waals surface area (Å²) in [5, 5.41) is 9.92. The van der Waals surface area contributed by atoms with Crippen molar-refractivity contribution in [1.82, 2.24) is 0 Å². The highest BCUT2D eigenvalue weighted by Crippen LogP contribution is 2.30. The van der Waals surface area contributed by atoms with E-state index in [1.807, 2.05) is 0 Å². The van der Waals surface area contributed by atoms with E-state index in [-0.39, 0.29) is 12.0 Å². The Morgan fingerprint density at radius 3 is 2.10 bits per heavy atom. The molecule has 2 aromatic rings. The van der Waals surface area contributed by atoms with E-state index in [0.29, 0.717) is 5.56 Å². The molecule has 0 heterocycles. The van der Waals surface area contributed by atoms with Crippen molar-refractivity contribution in [1.29, 1.82) is 0 Å². The summed E-state index contributed by atoms with van der Waals surface area (Å²) >= 11 is 0. The summed E-state index contributed by atoms with van der Waals surface area (Å²) in [4.78, 5) is 0. The zero-order valence-electron chi connectivity index (χ0n) is 10.4. The van der Waals surface area contributed by atoms with Crippen LogP contribution in [0.1, 0.15) is 22.8 Å². The molecule has 1 unspecified atom stereocenters. The Morgan fingerprint density at radius 2 is 1.55 bits per heavy atom. The lowest BCUT2D eigenvalue weighted by atomic mass is 10.00. The van der Waals surface area contributed by atoms with Crippen molar-refractivity contribution in [2.24, 2.45) is 0 Å². The largest absolute Gasteiger partial charge is 0.416 e. The van der Waals surface area contributed by atoms with Crippen LogP contribution in [0.3, 0.4) is 0 Å². The highest BCUT2D eigenvalue weighted by Gasteiger charge is 2.30. The fourth-order valence-electron chi connectivity index (χ4n) is 1.91. The number of alkyl halides is 3. The Kier molecular flexibility index (Phi) is 4.09. The molecular weight excluding hydrogens is 272 g/mol. The number of benzene rings is 2. The van der Waals surface area contributed by atoms with Crippen LogP contribution in [0.5, 0.6) is 0 Å². The Morgan fingerprint density at radius 1 is 0.950 bits per heavy atom. The third kappa shape index (κ3) is 3.36. The minimum absolute atomic E-state index is 0.0546. The van der Waals surface area contributed by atoms with Gasteiger partial charge in [-0.1, -0.05) is 30.3 Å². The number of hydrogen-bond donors (Lipinski definition) is 1. The SMILES string of the molecule is OC(Cc1ccc(C(F)(F)F)cc1)c1ccccc1F. The third-order valence-corrected chi connectivity index (χ3v) is 2.97. The van der Waals surface area contributed by atoms with Gasteiger partial charge in [0.1, 0.15) is 5.82 Å². The first-order chi connectivity index (χ1) is 9.38. The topological polar surface area (TPSA) is 20.2 Å². The van der Waals surface area contributed by atoms with Gasteiger partial charge in [0.25, 0.3) is 0 Å². The van der Waals surface area contributed by atoms with Gasteiger partial charge >= 0.3 is 6.18 Å². The molecule has 0 radical (unpaired) electrons. The molecule has 0 bridgehead atoms. The maximum atomic E-state index is 13.5. The van der Waals surface area contributed by atoms with Crippen LogP contribution in [-0.2, 0) is 12.6 Å². The fourth-order valence-corrected chi connectivity index (χ4v) is 1.91. The lowest BCUT2D eigenvalue weighted by Gasteiger charge is -2.13. The first-order valence-corrected chi connectivity index (χ1v) is 5.96. The van der Waals surface area contributed by atoms with Crippen molar-refractivity contribution in [3.8, 4) is 0 Å². The Bertz CT molecular complexity index is 575. The highest BCUT2D eigenvalue weighted by molar-refractivity contribution is 5.27. The molecule has 2 rings (SSSR count). The predicted octanol–water partition coefficient (Wildman–Crippen LogP) is 4.12. The monoisotopic (exact) mass is 284 g/mol. The van der Waals surface area contributed by atoms with Gasteiger partial charge in [-0.25, -0.2) is 4.39 Å². The fraction of sp³-hybridized carbons (Fsp3) is 0.200. The molecule has 0 aliphatic carbocycles. The zero-order valence-corrected chi connectivity index (χ0v) is 10.4. The van der Waals surface area contributed by atoms with Gasteiger partial charge in [0, 0.05) is 12.0 Å². The molecule has 0 amide bonds. The summed E-state index contributed by atoms with van der Waals surface area (Å²) in [7, 11) is 0. The van der Waals surface area contributed by atoms with E-state index in [4.69, 9.17) is 0 Å². The van der Waals surface area contributed by atoms with Crippen molar-refractivity contribution >= 4 is 0 Å². The molecule has 0 saturated carbocycles. The quantitative estimate of drug-likeness (QED) is 0.841. The molecule has 20 heavy (non-hydrogen) atoms. The normalized spacial score (nSPS) is 13.2. The van der Waals surface area contributed by atoms with Gasteiger partial charge in [0.15, 0.2) is 0 Å². The van der Waals surface area contributed by atoms with E-state index in [9.17, 15) is 22.7 Å². The van der Waals surface area contributed by atoms with Gasteiger partial charge in [-0.3, -0.25) is 0 Å². The Hall–Kier alpha value is -1.88. The van der Waals surface area contributed by atoms with Crippen molar-refractivity contribution in [3.63, 3.8) is 0 Å². The second-order valence-electron chi connectivity index (χ2n) is 4.44. The maximum absolute atomic E-state index is 13.5. The van der Waals surface area contributed by atoms with Crippen molar-refractivity contribution in [3.05, 3.63) is 71.0 Å². The molecular formula is C15H12F4O. The van der Waals surface area contributed by atoms with Crippen molar-refractivity contribution in [2.45, 2.75) is 18.7 Å². The van der Waals surface area contributed by atoms with Crippen LogP contribution in [0, 0.1) is 5.82 Å². The van der Waals surface area contributed by atoms with E-state index in [1.54, 1.807) is 6.07 Å². The van der Waals surface area contributed by atoms with Crippen LogP contribution < -0.4 is 0 Å². The minimum Gasteiger partial charge on any atom is -0.388 e. The van der Waals surface area contributed by atoms with Gasteiger partial charge in [0.05, 0.1) is 11.7 Å². The first kappa shape index (κ1) is 14.5. The number of hydrogen-bond acceptors (Lipinski definition) is 1. The van der Waals surface area contributed by atoms with Gasteiger partial charge in [-0.15, -0.1) is 0 Å². The average molecular weight is 284 g/mol. The molecule has 0 aliphatic heterocycles. The highest BCUT2D eigenvalue weighted by atomic mass is 19.4. The molecule has 2 aromatic carbocycles. The summed E-state index contributed by atoms with van der Waals surface area (Å²) in [5.41, 5.74) is -0.109. The van der Waals surface area contributed by atoms with Gasteiger partial charge in [-0.05, 0) is 23.8 Å². The van der Waals surface area contributed by atoms with Crippen LogP contribution in [0.15, 0.2) is 48.5 Å².